The van der Waals surface area contributed by atoms with Gasteiger partial charge < -0.3 is 5.73 Å². The minimum absolute atomic E-state index is 0.752. The molecular weight excluding hydrogens is 198 g/mol. The Morgan fingerprint density at radius 3 is 2.62 bits per heavy atom. The van der Waals surface area contributed by atoms with Crippen molar-refractivity contribution < 1.29 is 0 Å². The average molecular weight is 213 g/mol. The van der Waals surface area contributed by atoms with Crippen molar-refractivity contribution in [2.45, 2.75) is 20.3 Å². The summed E-state index contributed by atoms with van der Waals surface area (Å²) >= 11 is 0. The molecule has 1 aromatic heterocycles. The van der Waals surface area contributed by atoms with Gasteiger partial charge in [0.05, 0.1) is 5.69 Å². The lowest BCUT2D eigenvalue weighted by Crippen LogP contribution is -1.99. The SMILES string of the molecule is CCc1nc(C)cc(-c2ccccc2N)n1. The largest absolute Gasteiger partial charge is 0.398 e. The zero-order valence-electron chi connectivity index (χ0n) is 9.57. The van der Waals surface area contributed by atoms with E-state index in [1.807, 2.05) is 44.2 Å². The van der Waals surface area contributed by atoms with Crippen LogP contribution in [0.25, 0.3) is 11.3 Å². The van der Waals surface area contributed by atoms with Gasteiger partial charge in [0.1, 0.15) is 5.82 Å². The maximum atomic E-state index is 5.93. The fraction of sp³-hybridized carbons (Fsp3) is 0.231. The number of para-hydroxylation sites is 1. The highest BCUT2D eigenvalue weighted by atomic mass is 14.9. The number of hydrogen-bond donors (Lipinski definition) is 1. The van der Waals surface area contributed by atoms with Crippen LogP contribution in [0.1, 0.15) is 18.4 Å². The first kappa shape index (κ1) is 10.6. The summed E-state index contributed by atoms with van der Waals surface area (Å²) in [6.07, 6.45) is 0.835. The number of nitrogens with two attached hydrogens (primary N) is 1. The number of hydrogen-bond acceptors (Lipinski definition) is 3. The van der Waals surface area contributed by atoms with Crippen molar-refractivity contribution >= 4 is 5.69 Å². The molecule has 3 nitrogen and oxygen atoms in total. The smallest absolute Gasteiger partial charge is 0.128 e. The summed E-state index contributed by atoms with van der Waals surface area (Å²) in [6.45, 7) is 4.02. The first-order valence-electron chi connectivity index (χ1n) is 5.40. The Morgan fingerprint density at radius 1 is 1.19 bits per heavy atom. The van der Waals surface area contributed by atoms with E-state index in [1.165, 1.54) is 0 Å². The van der Waals surface area contributed by atoms with E-state index in [0.717, 1.165) is 34.9 Å². The monoisotopic (exact) mass is 213 g/mol. The predicted molar refractivity (Wildman–Crippen MR) is 66.0 cm³/mol. The lowest BCUT2D eigenvalue weighted by atomic mass is 10.1. The third-order valence-electron chi connectivity index (χ3n) is 2.45. The molecule has 1 aromatic carbocycles. The molecule has 0 unspecified atom stereocenters. The van der Waals surface area contributed by atoms with E-state index in [1.54, 1.807) is 0 Å². The third-order valence-corrected chi connectivity index (χ3v) is 2.45. The predicted octanol–water partition coefficient (Wildman–Crippen LogP) is 2.60. The molecule has 1 heterocycles. The molecule has 0 saturated carbocycles. The van der Waals surface area contributed by atoms with Crippen LogP contribution in [0.2, 0.25) is 0 Å². The average Bonchev–Trinajstić information content (AvgIpc) is 2.28. The molecule has 2 aromatic rings. The van der Waals surface area contributed by atoms with E-state index in [2.05, 4.69) is 9.97 Å². The van der Waals surface area contributed by atoms with Crippen molar-refractivity contribution in [3.05, 3.63) is 41.9 Å². The van der Waals surface area contributed by atoms with E-state index >= 15 is 0 Å². The van der Waals surface area contributed by atoms with Crippen LogP contribution in [0.4, 0.5) is 5.69 Å². The molecule has 0 aliphatic carbocycles. The van der Waals surface area contributed by atoms with E-state index in [0.29, 0.717) is 0 Å². The lowest BCUT2D eigenvalue weighted by molar-refractivity contribution is 0.921. The lowest BCUT2D eigenvalue weighted by Gasteiger charge is -2.07. The van der Waals surface area contributed by atoms with Crippen molar-refractivity contribution in [2.75, 3.05) is 5.73 Å². The highest BCUT2D eigenvalue weighted by Crippen LogP contribution is 2.23. The van der Waals surface area contributed by atoms with Gasteiger partial charge in [0, 0.05) is 23.4 Å². The molecule has 0 radical (unpaired) electrons. The molecule has 0 amide bonds. The van der Waals surface area contributed by atoms with E-state index < -0.39 is 0 Å². The molecule has 0 aliphatic rings. The molecule has 0 fully saturated rings. The van der Waals surface area contributed by atoms with Crippen LogP contribution >= 0.6 is 0 Å². The standard InChI is InChI=1S/C13H15N3/c1-3-13-15-9(2)8-12(16-13)10-6-4-5-7-11(10)14/h4-8H,3,14H2,1-2H3. The number of benzene rings is 1. The maximum absolute atomic E-state index is 5.93. The topological polar surface area (TPSA) is 51.8 Å². The van der Waals surface area contributed by atoms with Gasteiger partial charge in [-0.3, -0.25) is 0 Å². The Hall–Kier alpha value is -1.90. The van der Waals surface area contributed by atoms with E-state index in [4.69, 9.17) is 5.73 Å². The zero-order chi connectivity index (χ0) is 11.5. The van der Waals surface area contributed by atoms with Gasteiger partial charge in [-0.15, -0.1) is 0 Å². The Labute approximate surface area is 95.4 Å². The zero-order valence-corrected chi connectivity index (χ0v) is 9.57. The number of aromatic nitrogens is 2. The fourth-order valence-corrected chi connectivity index (χ4v) is 1.66. The van der Waals surface area contributed by atoms with E-state index in [9.17, 15) is 0 Å². The Morgan fingerprint density at radius 2 is 1.94 bits per heavy atom. The molecule has 0 atom stereocenters. The van der Waals surface area contributed by atoms with Crippen LogP contribution in [-0.2, 0) is 6.42 Å². The Balaban J connectivity index is 2.56. The summed E-state index contributed by atoms with van der Waals surface area (Å²) in [5, 5.41) is 0. The van der Waals surface area contributed by atoms with Gasteiger partial charge in [-0.2, -0.15) is 0 Å². The second-order valence-corrected chi connectivity index (χ2v) is 3.75. The molecule has 3 heteroatoms. The molecule has 0 aliphatic heterocycles. The highest BCUT2D eigenvalue weighted by molar-refractivity contribution is 5.73. The second kappa shape index (κ2) is 4.31. The first-order valence-corrected chi connectivity index (χ1v) is 5.40. The molecular formula is C13H15N3. The van der Waals surface area contributed by atoms with E-state index in [-0.39, 0.29) is 0 Å². The van der Waals surface area contributed by atoms with Crippen LogP contribution in [0.3, 0.4) is 0 Å². The molecule has 0 saturated heterocycles. The van der Waals surface area contributed by atoms with Crippen LogP contribution in [0.15, 0.2) is 30.3 Å². The summed E-state index contributed by atoms with van der Waals surface area (Å²) in [5.74, 6) is 0.859. The van der Waals surface area contributed by atoms with Crippen LogP contribution < -0.4 is 5.73 Å². The van der Waals surface area contributed by atoms with Gasteiger partial charge in [-0.25, -0.2) is 9.97 Å². The van der Waals surface area contributed by atoms with Gasteiger partial charge in [-0.05, 0) is 19.1 Å². The normalized spacial score (nSPS) is 10.4. The molecule has 2 N–H and O–H groups in total. The number of nitrogens with zero attached hydrogens (tertiary/aromatic N) is 2. The summed E-state index contributed by atoms with van der Waals surface area (Å²) in [6, 6.07) is 9.72. The number of anilines is 1. The first-order chi connectivity index (χ1) is 7.70. The Bertz CT molecular complexity index is 506. The van der Waals surface area contributed by atoms with Crippen molar-refractivity contribution in [3.8, 4) is 11.3 Å². The summed E-state index contributed by atoms with van der Waals surface area (Å²) in [7, 11) is 0. The second-order valence-electron chi connectivity index (χ2n) is 3.75. The van der Waals surface area contributed by atoms with Crippen LogP contribution in [0, 0.1) is 6.92 Å². The minimum atomic E-state index is 0.752. The number of nitrogen functional groups attached to an aromatic ring is 1. The molecule has 16 heavy (non-hydrogen) atoms. The molecule has 0 bridgehead atoms. The van der Waals surface area contributed by atoms with Gasteiger partial charge in [0.15, 0.2) is 0 Å². The molecule has 2 rings (SSSR count). The summed E-state index contributed by atoms with van der Waals surface area (Å²) in [4.78, 5) is 8.85. The highest BCUT2D eigenvalue weighted by Gasteiger charge is 2.05. The van der Waals surface area contributed by atoms with Crippen LogP contribution in [0.5, 0.6) is 0 Å². The van der Waals surface area contributed by atoms with Gasteiger partial charge in [0.2, 0.25) is 0 Å². The maximum Gasteiger partial charge on any atom is 0.128 e. The molecule has 82 valence electrons. The number of rotatable bonds is 2. The van der Waals surface area contributed by atoms with Crippen molar-refractivity contribution in [3.63, 3.8) is 0 Å². The molecule has 0 spiro atoms. The summed E-state index contributed by atoms with van der Waals surface area (Å²) < 4.78 is 0. The Kier molecular flexibility index (Phi) is 2.86. The van der Waals surface area contributed by atoms with Gasteiger partial charge >= 0.3 is 0 Å². The summed E-state index contributed by atoms with van der Waals surface area (Å²) in [5.41, 5.74) is 9.54. The van der Waals surface area contributed by atoms with Crippen molar-refractivity contribution in [2.24, 2.45) is 0 Å². The third kappa shape index (κ3) is 2.03. The quantitative estimate of drug-likeness (QED) is 0.780. The fourth-order valence-electron chi connectivity index (χ4n) is 1.66. The van der Waals surface area contributed by atoms with Crippen LogP contribution in [-0.4, -0.2) is 9.97 Å². The van der Waals surface area contributed by atoms with Crippen molar-refractivity contribution in [1.82, 2.24) is 9.97 Å². The van der Waals surface area contributed by atoms with Gasteiger partial charge in [-0.1, -0.05) is 25.1 Å². The number of aryl methyl sites for hydroxylation is 2. The minimum Gasteiger partial charge on any atom is -0.398 e. The van der Waals surface area contributed by atoms with Gasteiger partial charge in [0.25, 0.3) is 0 Å². The van der Waals surface area contributed by atoms with Crippen molar-refractivity contribution in [1.29, 1.82) is 0 Å².